The van der Waals surface area contributed by atoms with Crippen molar-refractivity contribution in [2.75, 3.05) is 13.2 Å². The maximum absolute atomic E-state index is 11.1. The van der Waals surface area contributed by atoms with Crippen LogP contribution in [0.4, 0.5) is 0 Å². The van der Waals surface area contributed by atoms with Gasteiger partial charge in [-0.05, 0) is 55.5 Å². The minimum absolute atomic E-state index is 0.0345. The molecule has 0 saturated heterocycles. The van der Waals surface area contributed by atoms with Gasteiger partial charge in [0.15, 0.2) is 5.78 Å². The summed E-state index contributed by atoms with van der Waals surface area (Å²) in [6, 6.07) is 13.5. The summed E-state index contributed by atoms with van der Waals surface area (Å²) in [5.74, 6) is 1.62. The van der Waals surface area contributed by atoms with E-state index in [9.17, 15) is 4.79 Å². The van der Waals surface area contributed by atoms with Crippen molar-refractivity contribution in [1.29, 1.82) is 0 Å². The molecular weight excluding hydrogens is 256 g/mol. The Kier molecular flexibility index (Phi) is 4.60. The molecule has 1 N–H and O–H groups in total. The Labute approximate surface area is 117 Å². The Morgan fingerprint density at radius 3 is 1.80 bits per heavy atom. The Morgan fingerprint density at radius 1 is 0.900 bits per heavy atom. The SMILES string of the molecule is CC(=O)c1ccc(OCCOc2ccc(O)cc2)cc1. The third-order valence-corrected chi connectivity index (χ3v) is 2.72. The minimum atomic E-state index is 0.0345. The summed E-state index contributed by atoms with van der Waals surface area (Å²) in [6.07, 6.45) is 0. The van der Waals surface area contributed by atoms with Crippen molar-refractivity contribution in [2.45, 2.75) is 6.92 Å². The van der Waals surface area contributed by atoms with Gasteiger partial charge in [-0.15, -0.1) is 0 Å². The van der Waals surface area contributed by atoms with Gasteiger partial charge < -0.3 is 14.6 Å². The molecule has 4 heteroatoms. The number of ether oxygens (including phenoxy) is 2. The summed E-state index contributed by atoms with van der Waals surface area (Å²) in [5, 5.41) is 9.13. The number of benzene rings is 2. The summed E-state index contributed by atoms with van der Waals surface area (Å²) in [4.78, 5) is 11.1. The zero-order valence-electron chi connectivity index (χ0n) is 11.2. The molecule has 0 spiro atoms. The first-order valence-corrected chi connectivity index (χ1v) is 6.31. The maximum Gasteiger partial charge on any atom is 0.159 e. The highest BCUT2D eigenvalue weighted by Crippen LogP contribution is 2.16. The number of ketones is 1. The van der Waals surface area contributed by atoms with Crippen molar-refractivity contribution in [3.8, 4) is 17.2 Å². The number of hydrogen-bond acceptors (Lipinski definition) is 4. The summed E-state index contributed by atoms with van der Waals surface area (Å²) in [5.41, 5.74) is 0.665. The van der Waals surface area contributed by atoms with Crippen molar-refractivity contribution < 1.29 is 19.4 Å². The van der Waals surface area contributed by atoms with Gasteiger partial charge >= 0.3 is 0 Å². The third kappa shape index (κ3) is 4.02. The van der Waals surface area contributed by atoms with Crippen molar-refractivity contribution in [3.05, 3.63) is 54.1 Å². The van der Waals surface area contributed by atoms with Gasteiger partial charge in [0, 0.05) is 5.56 Å². The molecule has 0 unspecified atom stereocenters. The zero-order chi connectivity index (χ0) is 14.4. The Bertz CT molecular complexity index is 558. The molecule has 104 valence electrons. The largest absolute Gasteiger partial charge is 0.508 e. The predicted octanol–water partition coefficient (Wildman–Crippen LogP) is 3.05. The van der Waals surface area contributed by atoms with E-state index < -0.39 is 0 Å². The second kappa shape index (κ2) is 6.61. The van der Waals surface area contributed by atoms with E-state index >= 15 is 0 Å². The topological polar surface area (TPSA) is 55.8 Å². The molecular formula is C16H16O4. The predicted molar refractivity (Wildman–Crippen MR) is 75.5 cm³/mol. The van der Waals surface area contributed by atoms with E-state index in [0.717, 1.165) is 0 Å². The summed E-state index contributed by atoms with van der Waals surface area (Å²) in [6.45, 7) is 2.33. The molecule has 0 amide bonds. The summed E-state index contributed by atoms with van der Waals surface area (Å²) in [7, 11) is 0. The lowest BCUT2D eigenvalue weighted by atomic mass is 10.1. The van der Waals surface area contributed by atoms with Crippen LogP contribution in [0.2, 0.25) is 0 Å². The van der Waals surface area contributed by atoms with Gasteiger partial charge in [-0.1, -0.05) is 0 Å². The van der Waals surface area contributed by atoms with E-state index in [1.807, 2.05) is 0 Å². The van der Waals surface area contributed by atoms with Gasteiger partial charge in [0.2, 0.25) is 0 Å². The van der Waals surface area contributed by atoms with E-state index in [4.69, 9.17) is 14.6 Å². The first-order valence-electron chi connectivity index (χ1n) is 6.31. The molecule has 2 aromatic carbocycles. The van der Waals surface area contributed by atoms with Gasteiger partial charge in [-0.2, -0.15) is 0 Å². The van der Waals surface area contributed by atoms with Gasteiger partial charge in [0.25, 0.3) is 0 Å². The van der Waals surface area contributed by atoms with Crippen LogP contribution in [0.1, 0.15) is 17.3 Å². The van der Waals surface area contributed by atoms with Crippen LogP contribution >= 0.6 is 0 Å². The fourth-order valence-electron chi connectivity index (χ4n) is 1.65. The number of phenolic OH excluding ortho intramolecular Hbond substituents is 1. The Morgan fingerprint density at radius 2 is 1.35 bits per heavy atom. The highest BCUT2D eigenvalue weighted by atomic mass is 16.5. The molecule has 0 aliphatic heterocycles. The van der Waals surface area contributed by atoms with E-state index in [1.54, 1.807) is 48.5 Å². The van der Waals surface area contributed by atoms with Crippen LogP contribution in [-0.2, 0) is 0 Å². The lowest BCUT2D eigenvalue weighted by molar-refractivity contribution is 0.101. The molecule has 0 aromatic heterocycles. The second-order valence-corrected chi connectivity index (χ2v) is 4.27. The third-order valence-electron chi connectivity index (χ3n) is 2.72. The zero-order valence-corrected chi connectivity index (χ0v) is 11.2. The number of carbonyl (C=O) groups excluding carboxylic acids is 1. The van der Waals surface area contributed by atoms with Crippen LogP contribution in [-0.4, -0.2) is 24.1 Å². The number of phenols is 1. The summed E-state index contributed by atoms with van der Waals surface area (Å²) >= 11 is 0. The Balaban J connectivity index is 1.75. The lowest BCUT2D eigenvalue weighted by Gasteiger charge is -2.08. The van der Waals surface area contributed by atoms with Gasteiger partial charge in [0.1, 0.15) is 30.5 Å². The highest BCUT2D eigenvalue weighted by molar-refractivity contribution is 5.94. The van der Waals surface area contributed by atoms with E-state index in [2.05, 4.69) is 0 Å². The smallest absolute Gasteiger partial charge is 0.159 e. The van der Waals surface area contributed by atoms with Gasteiger partial charge in [-0.25, -0.2) is 0 Å². The lowest BCUT2D eigenvalue weighted by Crippen LogP contribution is -2.09. The Hall–Kier alpha value is -2.49. The monoisotopic (exact) mass is 272 g/mol. The van der Waals surface area contributed by atoms with Crippen LogP contribution in [0.15, 0.2) is 48.5 Å². The minimum Gasteiger partial charge on any atom is -0.508 e. The maximum atomic E-state index is 11.1. The standard InChI is InChI=1S/C16H16O4/c1-12(17)13-2-6-15(7-3-13)19-10-11-20-16-8-4-14(18)5-9-16/h2-9,18H,10-11H2,1H3. The number of carbonyl (C=O) groups is 1. The number of aromatic hydroxyl groups is 1. The van der Waals surface area contributed by atoms with Crippen LogP contribution < -0.4 is 9.47 Å². The quantitative estimate of drug-likeness (QED) is 0.648. The molecule has 0 saturated carbocycles. The van der Waals surface area contributed by atoms with Crippen molar-refractivity contribution in [2.24, 2.45) is 0 Å². The van der Waals surface area contributed by atoms with Crippen molar-refractivity contribution >= 4 is 5.78 Å². The fourth-order valence-corrected chi connectivity index (χ4v) is 1.65. The highest BCUT2D eigenvalue weighted by Gasteiger charge is 2.00. The number of Topliss-reactive ketones (excluding diaryl/α,β-unsaturated/α-hetero) is 1. The van der Waals surface area contributed by atoms with Gasteiger partial charge in [0.05, 0.1) is 0 Å². The first kappa shape index (κ1) is 13.9. The molecule has 2 rings (SSSR count). The van der Waals surface area contributed by atoms with Crippen molar-refractivity contribution in [3.63, 3.8) is 0 Å². The first-order chi connectivity index (χ1) is 9.65. The van der Waals surface area contributed by atoms with E-state index in [-0.39, 0.29) is 11.5 Å². The van der Waals surface area contributed by atoms with Crippen LogP contribution in [0.5, 0.6) is 17.2 Å². The second-order valence-electron chi connectivity index (χ2n) is 4.27. The molecule has 0 aliphatic rings. The molecule has 0 radical (unpaired) electrons. The molecule has 0 heterocycles. The van der Waals surface area contributed by atoms with Gasteiger partial charge in [-0.3, -0.25) is 4.79 Å². The van der Waals surface area contributed by atoms with Crippen LogP contribution in [0.25, 0.3) is 0 Å². The van der Waals surface area contributed by atoms with Crippen LogP contribution in [0, 0.1) is 0 Å². The normalized spacial score (nSPS) is 10.1. The number of rotatable bonds is 6. The molecule has 0 aliphatic carbocycles. The van der Waals surface area contributed by atoms with E-state index in [1.165, 1.54) is 6.92 Å². The molecule has 0 bridgehead atoms. The average molecular weight is 272 g/mol. The van der Waals surface area contributed by atoms with E-state index in [0.29, 0.717) is 30.3 Å². The molecule has 4 nitrogen and oxygen atoms in total. The molecule has 20 heavy (non-hydrogen) atoms. The van der Waals surface area contributed by atoms with Crippen LogP contribution in [0.3, 0.4) is 0 Å². The fraction of sp³-hybridized carbons (Fsp3) is 0.188. The average Bonchev–Trinajstić information content (AvgIpc) is 2.46. The molecule has 0 fully saturated rings. The summed E-state index contributed by atoms with van der Waals surface area (Å²) < 4.78 is 11.0. The molecule has 0 atom stereocenters. The van der Waals surface area contributed by atoms with Crippen molar-refractivity contribution in [1.82, 2.24) is 0 Å². The molecule has 2 aromatic rings. The number of hydrogen-bond donors (Lipinski definition) is 1.